The van der Waals surface area contributed by atoms with Crippen LogP contribution >= 0.6 is 11.8 Å². The van der Waals surface area contributed by atoms with Crippen LogP contribution in [0, 0.1) is 10.1 Å². The summed E-state index contributed by atoms with van der Waals surface area (Å²) in [5.41, 5.74) is -1.15. The van der Waals surface area contributed by atoms with Crippen molar-refractivity contribution in [2.75, 3.05) is 39.0 Å². The van der Waals surface area contributed by atoms with Crippen LogP contribution in [0.1, 0.15) is 0 Å². The average Bonchev–Trinajstić information content (AvgIpc) is 2.71. The number of rotatable bonds is 7. The number of hydrogen-bond donors (Lipinski definition) is 0. The summed E-state index contributed by atoms with van der Waals surface area (Å²) in [4.78, 5) is 23.5. The number of alkyl halides is 7. The summed E-state index contributed by atoms with van der Waals surface area (Å²) in [7, 11) is -4.87. The molecule has 186 valence electrons. The van der Waals surface area contributed by atoms with Gasteiger partial charge in [-0.25, -0.2) is 8.42 Å². The Labute approximate surface area is 186 Å². The van der Waals surface area contributed by atoms with Crippen molar-refractivity contribution in [1.82, 2.24) is 9.80 Å². The van der Waals surface area contributed by atoms with E-state index in [4.69, 9.17) is 0 Å². The van der Waals surface area contributed by atoms with E-state index < -0.39 is 48.6 Å². The maximum atomic E-state index is 13.8. The van der Waals surface area contributed by atoms with Crippen LogP contribution in [0.2, 0.25) is 0 Å². The fourth-order valence-corrected chi connectivity index (χ4v) is 4.87. The molecule has 1 amide bonds. The molecule has 0 unspecified atom stereocenters. The first-order valence-electron chi connectivity index (χ1n) is 8.88. The third-order valence-corrected chi connectivity index (χ3v) is 7.56. The van der Waals surface area contributed by atoms with Crippen molar-refractivity contribution in [1.29, 1.82) is 0 Å². The van der Waals surface area contributed by atoms with Crippen LogP contribution in [0.3, 0.4) is 0 Å². The second-order valence-corrected chi connectivity index (χ2v) is 9.96. The molecule has 1 heterocycles. The fourth-order valence-electron chi connectivity index (χ4n) is 2.70. The van der Waals surface area contributed by atoms with Crippen LogP contribution in [0.25, 0.3) is 0 Å². The summed E-state index contributed by atoms with van der Waals surface area (Å²) in [5.74, 6) is -7.73. The largest absolute Gasteiger partial charge is 0.461 e. The van der Waals surface area contributed by atoms with Gasteiger partial charge < -0.3 is 9.80 Å². The first-order chi connectivity index (χ1) is 14.9. The summed E-state index contributed by atoms with van der Waals surface area (Å²) in [6, 6.07) is 0.790. The lowest BCUT2D eigenvalue weighted by Gasteiger charge is -2.32. The van der Waals surface area contributed by atoms with Crippen LogP contribution in [-0.4, -0.2) is 85.4 Å². The third-order valence-electron chi connectivity index (χ3n) is 4.70. The van der Waals surface area contributed by atoms with Gasteiger partial charge in [-0.2, -0.15) is 30.7 Å². The van der Waals surface area contributed by atoms with Crippen LogP contribution in [0.5, 0.6) is 0 Å². The molecule has 1 aliphatic heterocycles. The van der Waals surface area contributed by atoms with E-state index >= 15 is 0 Å². The lowest BCUT2D eigenvalue weighted by atomic mass is 10.3. The molecule has 8 nitrogen and oxygen atoms in total. The van der Waals surface area contributed by atoms with E-state index in [-0.39, 0.29) is 22.8 Å². The van der Waals surface area contributed by atoms with E-state index in [1.807, 2.05) is 11.9 Å². The molecule has 1 aromatic carbocycles. The minimum atomic E-state index is -6.96. The summed E-state index contributed by atoms with van der Waals surface area (Å²) >= 11 is 0.558. The molecule has 0 aromatic heterocycles. The van der Waals surface area contributed by atoms with Crippen molar-refractivity contribution in [3.8, 4) is 0 Å². The van der Waals surface area contributed by atoms with E-state index in [0.717, 1.165) is 0 Å². The number of piperazine rings is 1. The summed E-state index contributed by atoms with van der Waals surface area (Å²) in [6.07, 6.45) is -6.91. The van der Waals surface area contributed by atoms with Gasteiger partial charge >= 0.3 is 17.4 Å². The number of benzene rings is 1. The first-order valence-corrected chi connectivity index (χ1v) is 11.3. The van der Waals surface area contributed by atoms with Gasteiger partial charge in [0.05, 0.1) is 20.5 Å². The van der Waals surface area contributed by atoms with E-state index in [2.05, 4.69) is 0 Å². The summed E-state index contributed by atoms with van der Waals surface area (Å²) < 4.78 is 115. The molecule has 17 heteroatoms. The molecular formula is C16H16F7N3O5S2. The Hall–Kier alpha value is -2.14. The molecule has 0 aliphatic carbocycles. The quantitative estimate of drug-likeness (QED) is 0.233. The van der Waals surface area contributed by atoms with Gasteiger partial charge in [0.15, 0.2) is 0 Å². The Morgan fingerprint density at radius 3 is 2.12 bits per heavy atom. The number of nitro benzene ring substituents is 1. The highest BCUT2D eigenvalue weighted by molar-refractivity contribution is 8.00. The number of halogens is 7. The Morgan fingerprint density at radius 2 is 1.64 bits per heavy atom. The predicted molar refractivity (Wildman–Crippen MR) is 101 cm³/mol. The van der Waals surface area contributed by atoms with Gasteiger partial charge in [-0.15, -0.1) is 11.8 Å². The Bertz CT molecular complexity index is 1030. The zero-order valence-corrected chi connectivity index (χ0v) is 18.2. The van der Waals surface area contributed by atoms with Crippen molar-refractivity contribution < 1.29 is 48.9 Å². The first kappa shape index (κ1) is 27.1. The molecule has 1 aromatic rings. The molecular weight excluding hydrogens is 511 g/mol. The highest BCUT2D eigenvalue weighted by Gasteiger charge is 2.78. The Morgan fingerprint density at radius 1 is 1.09 bits per heavy atom. The molecule has 0 radical (unpaired) electrons. The van der Waals surface area contributed by atoms with Gasteiger partial charge in [-0.1, -0.05) is 0 Å². The number of nitrogens with zero attached hydrogens (tertiary/aromatic N) is 3. The average molecular weight is 527 g/mol. The molecule has 0 bridgehead atoms. The van der Waals surface area contributed by atoms with Gasteiger partial charge in [-0.05, 0) is 19.2 Å². The van der Waals surface area contributed by atoms with Crippen LogP contribution in [0.15, 0.2) is 28.0 Å². The van der Waals surface area contributed by atoms with Crippen molar-refractivity contribution in [3.05, 3.63) is 28.3 Å². The molecule has 0 atom stereocenters. The molecule has 1 fully saturated rings. The number of likely N-dealkylation sites (N-methyl/N-ethyl adjacent to an activating group) is 1. The van der Waals surface area contributed by atoms with E-state index in [0.29, 0.717) is 44.0 Å². The number of carbonyl (C=O) groups is 1. The standard InChI is InChI=1S/C16H16F7N3O5S2/c1-24-4-6-25(7-5-24)13(27)9-32-12-3-2-10(8-11(12)26(28)29)33(30,31)16(22,23)14(17,18)15(19,20)21/h2-3,8H,4-7,9H2,1H3. The number of carbonyl (C=O) groups excluding carboxylic acids is 1. The molecule has 0 N–H and O–H groups in total. The lowest BCUT2D eigenvalue weighted by Crippen LogP contribution is -2.55. The van der Waals surface area contributed by atoms with Crippen molar-refractivity contribution in [3.63, 3.8) is 0 Å². The zero-order valence-electron chi connectivity index (χ0n) is 16.6. The van der Waals surface area contributed by atoms with Crippen LogP contribution in [0.4, 0.5) is 36.4 Å². The SMILES string of the molecule is CN1CCN(C(=O)CSc2ccc(S(=O)(=O)C(F)(F)C(F)(F)C(F)(F)F)cc2[N+](=O)[O-])CC1. The van der Waals surface area contributed by atoms with E-state index in [1.54, 1.807) is 0 Å². The molecule has 2 rings (SSSR count). The van der Waals surface area contributed by atoms with Gasteiger partial charge in [0.2, 0.25) is 5.91 Å². The third kappa shape index (κ3) is 5.18. The smallest absolute Gasteiger partial charge is 0.339 e. The second kappa shape index (κ2) is 9.25. The van der Waals surface area contributed by atoms with Crippen molar-refractivity contribution in [2.45, 2.75) is 27.1 Å². The van der Waals surface area contributed by atoms with Crippen molar-refractivity contribution >= 4 is 33.2 Å². The monoisotopic (exact) mass is 527 g/mol. The van der Waals surface area contributed by atoms with Crippen LogP contribution in [-0.2, 0) is 14.6 Å². The predicted octanol–water partition coefficient (Wildman–Crippen LogP) is 3.03. The second-order valence-electron chi connectivity index (χ2n) is 6.95. The van der Waals surface area contributed by atoms with Gasteiger partial charge in [0.25, 0.3) is 15.5 Å². The topological polar surface area (TPSA) is 101 Å². The molecule has 0 saturated carbocycles. The van der Waals surface area contributed by atoms with Crippen molar-refractivity contribution in [2.24, 2.45) is 0 Å². The Balaban J connectivity index is 2.32. The molecule has 0 spiro atoms. The summed E-state index contributed by atoms with van der Waals surface area (Å²) in [5, 5.41) is 4.63. The molecule has 33 heavy (non-hydrogen) atoms. The number of hydrogen-bond acceptors (Lipinski definition) is 7. The minimum absolute atomic E-state index is 0.0433. The maximum Gasteiger partial charge on any atom is 0.461 e. The normalized spacial score (nSPS) is 16.7. The maximum absolute atomic E-state index is 13.8. The number of thioether (sulfide) groups is 1. The fraction of sp³-hybridized carbons (Fsp3) is 0.562. The van der Waals surface area contributed by atoms with Crippen LogP contribution < -0.4 is 0 Å². The highest BCUT2D eigenvalue weighted by atomic mass is 32.2. The van der Waals surface area contributed by atoms with Gasteiger partial charge in [0.1, 0.15) is 0 Å². The lowest BCUT2D eigenvalue weighted by molar-refractivity contribution is -0.388. The zero-order chi connectivity index (χ0) is 25.4. The molecule has 1 saturated heterocycles. The van der Waals surface area contributed by atoms with E-state index in [9.17, 15) is 54.1 Å². The Kier molecular flexibility index (Phi) is 7.60. The number of nitro groups is 1. The van der Waals surface area contributed by atoms with Gasteiger partial charge in [-0.3, -0.25) is 14.9 Å². The highest BCUT2D eigenvalue weighted by Crippen LogP contribution is 2.51. The number of sulfone groups is 1. The van der Waals surface area contributed by atoms with Gasteiger partial charge in [0, 0.05) is 32.2 Å². The van der Waals surface area contributed by atoms with E-state index in [1.165, 1.54) is 4.90 Å². The summed E-state index contributed by atoms with van der Waals surface area (Å²) in [6.45, 7) is 1.94. The minimum Gasteiger partial charge on any atom is -0.339 e. The number of amides is 1. The molecule has 1 aliphatic rings.